The van der Waals surface area contributed by atoms with Crippen molar-refractivity contribution >= 4 is 5.97 Å². The molecule has 3 aromatic carbocycles. The third-order valence-corrected chi connectivity index (χ3v) is 4.25. The Hall–Kier alpha value is -3.07. The van der Waals surface area contributed by atoms with Crippen molar-refractivity contribution in [3.8, 4) is 16.9 Å². The first-order valence-corrected chi connectivity index (χ1v) is 7.78. The molecule has 3 nitrogen and oxygen atoms in total. The molecule has 0 radical (unpaired) electrons. The number of rotatable bonds is 4. The van der Waals surface area contributed by atoms with E-state index in [2.05, 4.69) is 19.1 Å². The van der Waals surface area contributed by atoms with Gasteiger partial charge in [0, 0.05) is 5.92 Å². The Morgan fingerprint density at radius 1 is 0.875 bits per heavy atom. The minimum Gasteiger partial charge on any atom is -0.507 e. The summed E-state index contributed by atoms with van der Waals surface area (Å²) in [6, 6.07) is 22.7. The smallest absolute Gasteiger partial charge is 0.340 e. The fourth-order valence-corrected chi connectivity index (χ4v) is 2.92. The van der Waals surface area contributed by atoms with Gasteiger partial charge in [-0.05, 0) is 28.3 Å². The number of aromatic hydroxyl groups is 1. The maximum Gasteiger partial charge on any atom is 0.340 e. The van der Waals surface area contributed by atoms with Crippen molar-refractivity contribution in [2.45, 2.75) is 12.8 Å². The highest BCUT2D eigenvalue weighted by Crippen LogP contribution is 2.33. The first-order valence-electron chi connectivity index (χ1n) is 7.78. The van der Waals surface area contributed by atoms with Crippen LogP contribution in [0, 0.1) is 0 Å². The molecule has 0 aliphatic rings. The summed E-state index contributed by atoms with van der Waals surface area (Å²) in [5, 5.41) is 19.3. The highest BCUT2D eigenvalue weighted by atomic mass is 16.4. The van der Waals surface area contributed by atoms with Gasteiger partial charge in [-0.3, -0.25) is 0 Å². The van der Waals surface area contributed by atoms with E-state index in [9.17, 15) is 15.0 Å². The van der Waals surface area contributed by atoms with Crippen LogP contribution in [0.25, 0.3) is 11.1 Å². The van der Waals surface area contributed by atoms with Crippen molar-refractivity contribution in [2.24, 2.45) is 0 Å². The van der Waals surface area contributed by atoms with Crippen LogP contribution in [0.5, 0.6) is 5.75 Å². The Balaban J connectivity index is 2.07. The lowest BCUT2D eigenvalue weighted by atomic mass is 9.90. The van der Waals surface area contributed by atoms with E-state index in [-0.39, 0.29) is 17.2 Å². The number of carboxylic acids is 1. The van der Waals surface area contributed by atoms with E-state index < -0.39 is 5.97 Å². The van der Waals surface area contributed by atoms with Crippen molar-refractivity contribution in [3.63, 3.8) is 0 Å². The Morgan fingerprint density at radius 2 is 1.54 bits per heavy atom. The summed E-state index contributed by atoms with van der Waals surface area (Å²) in [6.45, 7) is 2.12. The van der Waals surface area contributed by atoms with Gasteiger partial charge in [0.1, 0.15) is 11.3 Å². The number of aromatic carboxylic acids is 1. The van der Waals surface area contributed by atoms with Crippen molar-refractivity contribution in [1.29, 1.82) is 0 Å². The monoisotopic (exact) mass is 318 g/mol. The Morgan fingerprint density at radius 3 is 2.25 bits per heavy atom. The van der Waals surface area contributed by atoms with Crippen LogP contribution in [-0.4, -0.2) is 16.2 Å². The lowest BCUT2D eigenvalue weighted by Gasteiger charge is -2.15. The fourth-order valence-electron chi connectivity index (χ4n) is 2.92. The lowest BCUT2D eigenvalue weighted by molar-refractivity contribution is 0.0694. The minimum atomic E-state index is -1.13. The number of hydrogen-bond donors (Lipinski definition) is 2. The predicted molar refractivity (Wildman–Crippen MR) is 94.5 cm³/mol. The maximum atomic E-state index is 11.5. The highest BCUT2D eigenvalue weighted by molar-refractivity contribution is 5.98. The van der Waals surface area contributed by atoms with E-state index in [1.807, 2.05) is 42.5 Å². The third kappa shape index (κ3) is 3.01. The molecule has 0 aromatic heterocycles. The number of hydrogen-bond acceptors (Lipinski definition) is 2. The molecule has 3 heteroatoms. The van der Waals surface area contributed by atoms with Gasteiger partial charge in [0.15, 0.2) is 0 Å². The van der Waals surface area contributed by atoms with Crippen molar-refractivity contribution in [2.75, 3.05) is 0 Å². The molecule has 0 saturated heterocycles. The van der Waals surface area contributed by atoms with Gasteiger partial charge in [-0.15, -0.1) is 0 Å². The molecular formula is C21H18O3. The summed E-state index contributed by atoms with van der Waals surface area (Å²) in [6.07, 6.45) is 0. The molecule has 2 N–H and O–H groups in total. The molecule has 0 aliphatic heterocycles. The summed E-state index contributed by atoms with van der Waals surface area (Å²) in [5.74, 6) is -1.16. The molecule has 0 heterocycles. The largest absolute Gasteiger partial charge is 0.507 e. The van der Waals surface area contributed by atoms with Gasteiger partial charge in [0.2, 0.25) is 0 Å². The van der Waals surface area contributed by atoms with Crippen LogP contribution in [0.4, 0.5) is 0 Å². The molecule has 0 amide bonds. The summed E-state index contributed by atoms with van der Waals surface area (Å²) in [5.41, 5.74) is 3.53. The first-order chi connectivity index (χ1) is 11.6. The van der Waals surface area contributed by atoms with Crippen molar-refractivity contribution < 1.29 is 15.0 Å². The molecule has 120 valence electrons. The molecule has 0 spiro atoms. The lowest BCUT2D eigenvalue weighted by Crippen LogP contribution is -2.01. The Bertz CT molecular complexity index is 869. The van der Waals surface area contributed by atoms with Crippen LogP contribution < -0.4 is 0 Å². The maximum absolute atomic E-state index is 11.5. The van der Waals surface area contributed by atoms with Crippen LogP contribution in [0.2, 0.25) is 0 Å². The molecule has 1 unspecified atom stereocenters. The van der Waals surface area contributed by atoms with Crippen molar-refractivity contribution in [3.05, 3.63) is 89.5 Å². The topological polar surface area (TPSA) is 57.5 Å². The molecular weight excluding hydrogens is 300 g/mol. The molecule has 3 rings (SSSR count). The number of carbonyl (C=O) groups is 1. The van der Waals surface area contributed by atoms with E-state index >= 15 is 0 Å². The zero-order chi connectivity index (χ0) is 17.1. The zero-order valence-corrected chi connectivity index (χ0v) is 13.3. The average Bonchev–Trinajstić information content (AvgIpc) is 2.61. The summed E-state index contributed by atoms with van der Waals surface area (Å²) in [7, 11) is 0. The van der Waals surface area contributed by atoms with E-state index in [0.717, 1.165) is 11.1 Å². The molecule has 0 aliphatic carbocycles. The second kappa shape index (κ2) is 6.59. The SMILES string of the molecule is CC(c1ccccc1)c1cccc(-c2cccc(O)c2C(=O)O)c1. The predicted octanol–water partition coefficient (Wildman–Crippen LogP) is 4.91. The van der Waals surface area contributed by atoms with E-state index in [1.54, 1.807) is 12.1 Å². The normalized spacial score (nSPS) is 11.9. The van der Waals surface area contributed by atoms with Crippen LogP contribution in [0.15, 0.2) is 72.8 Å². The first kappa shape index (κ1) is 15.8. The minimum absolute atomic E-state index is 0.0676. The third-order valence-electron chi connectivity index (χ3n) is 4.25. The number of carboxylic acid groups (broad SMARTS) is 1. The quantitative estimate of drug-likeness (QED) is 0.718. The van der Waals surface area contributed by atoms with Gasteiger partial charge in [-0.25, -0.2) is 4.79 Å². The standard InChI is InChI=1S/C21H18O3/c1-14(15-7-3-2-4-8-15)16-9-5-10-17(13-16)18-11-6-12-19(22)20(18)21(23)24/h2-14,22H,1H3,(H,23,24). The number of benzene rings is 3. The van der Waals surface area contributed by atoms with Gasteiger partial charge in [-0.1, -0.05) is 73.7 Å². The van der Waals surface area contributed by atoms with Gasteiger partial charge < -0.3 is 10.2 Å². The van der Waals surface area contributed by atoms with E-state index in [0.29, 0.717) is 5.56 Å². The van der Waals surface area contributed by atoms with Crippen LogP contribution in [0.1, 0.15) is 34.3 Å². The van der Waals surface area contributed by atoms with Gasteiger partial charge in [0.05, 0.1) is 0 Å². The Labute approximate surface area is 140 Å². The second-order valence-corrected chi connectivity index (χ2v) is 5.76. The average molecular weight is 318 g/mol. The second-order valence-electron chi connectivity index (χ2n) is 5.76. The van der Waals surface area contributed by atoms with Gasteiger partial charge >= 0.3 is 5.97 Å². The van der Waals surface area contributed by atoms with E-state index in [4.69, 9.17) is 0 Å². The highest BCUT2D eigenvalue weighted by Gasteiger charge is 2.17. The molecule has 0 fully saturated rings. The molecule has 0 saturated carbocycles. The fraction of sp³-hybridized carbons (Fsp3) is 0.0952. The molecule has 3 aromatic rings. The molecule has 24 heavy (non-hydrogen) atoms. The summed E-state index contributed by atoms with van der Waals surface area (Å²) >= 11 is 0. The van der Waals surface area contributed by atoms with Crippen LogP contribution in [-0.2, 0) is 0 Å². The zero-order valence-electron chi connectivity index (χ0n) is 13.3. The van der Waals surface area contributed by atoms with Crippen LogP contribution >= 0.6 is 0 Å². The van der Waals surface area contributed by atoms with Crippen LogP contribution in [0.3, 0.4) is 0 Å². The summed E-state index contributed by atoms with van der Waals surface area (Å²) in [4.78, 5) is 11.5. The Kier molecular flexibility index (Phi) is 4.34. The van der Waals surface area contributed by atoms with E-state index in [1.165, 1.54) is 11.6 Å². The molecule has 0 bridgehead atoms. The van der Waals surface area contributed by atoms with Gasteiger partial charge in [0.25, 0.3) is 0 Å². The van der Waals surface area contributed by atoms with Crippen molar-refractivity contribution in [1.82, 2.24) is 0 Å². The molecule has 1 atom stereocenters. The number of phenols is 1. The summed E-state index contributed by atoms with van der Waals surface area (Å²) < 4.78 is 0. The van der Waals surface area contributed by atoms with Gasteiger partial charge in [-0.2, -0.15) is 0 Å².